The molecule has 10 heteroatoms. The molecule has 3 aromatic rings. The average Bonchev–Trinajstić information content (AvgIpc) is 3.11. The first-order valence-electron chi connectivity index (χ1n) is 7.91. The molecule has 0 aliphatic carbocycles. The fourth-order valence-corrected chi connectivity index (χ4v) is 3.79. The zero-order chi connectivity index (χ0) is 19.6. The minimum absolute atomic E-state index is 0.0649. The number of aromatic nitrogens is 4. The zero-order valence-electron chi connectivity index (χ0n) is 14.5. The number of nitrogens with zero attached hydrogens (tertiary/aromatic N) is 4. The van der Waals surface area contributed by atoms with E-state index in [0.29, 0.717) is 5.82 Å². The molecule has 0 aliphatic rings. The average molecular weight is 406 g/mol. The van der Waals surface area contributed by atoms with Gasteiger partial charge in [-0.25, -0.2) is 8.42 Å². The van der Waals surface area contributed by atoms with Crippen LogP contribution in [0.3, 0.4) is 0 Å². The highest BCUT2D eigenvalue weighted by molar-refractivity contribution is 7.90. The van der Waals surface area contributed by atoms with Crippen LogP contribution in [0.1, 0.15) is 29.1 Å². The van der Waals surface area contributed by atoms with E-state index in [2.05, 4.69) is 20.8 Å². The van der Waals surface area contributed by atoms with Crippen LogP contribution in [-0.2, 0) is 9.84 Å². The third kappa shape index (κ3) is 4.15. The summed E-state index contributed by atoms with van der Waals surface area (Å²) in [6.07, 6.45) is 1.03. The van der Waals surface area contributed by atoms with Gasteiger partial charge in [-0.1, -0.05) is 29.8 Å². The number of halogens is 1. The van der Waals surface area contributed by atoms with Gasteiger partial charge in [-0.2, -0.15) is 4.68 Å². The summed E-state index contributed by atoms with van der Waals surface area (Å²) in [5, 5.41) is 14.4. The number of amides is 1. The summed E-state index contributed by atoms with van der Waals surface area (Å²) in [5.41, 5.74) is 0.926. The Morgan fingerprint density at radius 3 is 2.56 bits per heavy atom. The van der Waals surface area contributed by atoms with Gasteiger partial charge in [-0.15, -0.1) is 5.10 Å². The molecule has 27 heavy (non-hydrogen) atoms. The molecule has 8 nitrogen and oxygen atoms in total. The largest absolute Gasteiger partial charge is 0.342 e. The van der Waals surface area contributed by atoms with Crippen molar-refractivity contribution in [2.45, 2.75) is 17.9 Å². The molecule has 0 saturated carbocycles. The maximum Gasteiger partial charge on any atom is 0.251 e. The first kappa shape index (κ1) is 19.0. The number of hydrogen-bond acceptors (Lipinski definition) is 6. The number of nitrogens with one attached hydrogen (secondary N) is 1. The van der Waals surface area contributed by atoms with Gasteiger partial charge in [0.25, 0.3) is 5.91 Å². The fourth-order valence-electron chi connectivity index (χ4n) is 2.49. The van der Waals surface area contributed by atoms with Crippen LogP contribution in [0, 0.1) is 0 Å². The van der Waals surface area contributed by atoms with Gasteiger partial charge in [-0.05, 0) is 47.7 Å². The second-order valence-electron chi connectivity index (χ2n) is 5.90. The van der Waals surface area contributed by atoms with Crippen LogP contribution >= 0.6 is 11.6 Å². The normalized spacial score (nSPS) is 12.6. The number of hydrogen-bond donors (Lipinski definition) is 1. The molecule has 1 atom stereocenters. The maximum atomic E-state index is 12.6. The number of benzene rings is 2. The van der Waals surface area contributed by atoms with Crippen LogP contribution in [0.15, 0.2) is 53.4 Å². The van der Waals surface area contributed by atoms with E-state index in [1.54, 1.807) is 6.92 Å². The third-order valence-corrected chi connectivity index (χ3v) is 5.40. The Morgan fingerprint density at radius 2 is 1.89 bits per heavy atom. The highest BCUT2D eigenvalue weighted by Crippen LogP contribution is 2.23. The van der Waals surface area contributed by atoms with Crippen LogP contribution in [0.4, 0.5) is 0 Å². The Morgan fingerprint density at radius 1 is 1.19 bits per heavy atom. The lowest BCUT2D eigenvalue weighted by atomic mass is 10.2. The molecule has 140 valence electrons. The Kier molecular flexibility index (Phi) is 5.24. The molecule has 1 amide bonds. The van der Waals surface area contributed by atoms with Gasteiger partial charge >= 0.3 is 0 Å². The van der Waals surface area contributed by atoms with Crippen molar-refractivity contribution in [3.05, 3.63) is 64.9 Å². The Balaban J connectivity index is 1.85. The Bertz CT molecular complexity index is 1080. The molecular formula is C17H16ClN5O3S. The van der Waals surface area contributed by atoms with Crippen molar-refractivity contribution in [1.82, 2.24) is 25.5 Å². The summed E-state index contributed by atoms with van der Waals surface area (Å²) in [5.74, 6) is -0.0291. The van der Waals surface area contributed by atoms with Gasteiger partial charge in [0.05, 0.1) is 21.6 Å². The van der Waals surface area contributed by atoms with Gasteiger partial charge in [-0.3, -0.25) is 4.79 Å². The Hall–Kier alpha value is -2.78. The van der Waals surface area contributed by atoms with Crippen molar-refractivity contribution < 1.29 is 13.2 Å². The summed E-state index contributed by atoms with van der Waals surface area (Å²) in [7, 11) is -3.55. The predicted molar refractivity (Wildman–Crippen MR) is 99.6 cm³/mol. The van der Waals surface area contributed by atoms with E-state index in [0.717, 1.165) is 11.9 Å². The molecule has 2 aromatic carbocycles. The predicted octanol–water partition coefficient (Wildman–Crippen LogP) is 2.21. The lowest BCUT2D eigenvalue weighted by molar-refractivity contribution is 0.0937. The van der Waals surface area contributed by atoms with Crippen LogP contribution < -0.4 is 5.32 Å². The molecule has 0 bridgehead atoms. The van der Waals surface area contributed by atoms with Gasteiger partial charge in [0.2, 0.25) is 0 Å². The number of para-hydroxylation sites is 1. The lowest BCUT2D eigenvalue weighted by Crippen LogP contribution is -2.29. The third-order valence-electron chi connectivity index (χ3n) is 3.82. The molecule has 1 N–H and O–H groups in total. The van der Waals surface area contributed by atoms with E-state index in [1.807, 2.05) is 30.3 Å². The molecular weight excluding hydrogens is 390 g/mol. The fraction of sp³-hybridized carbons (Fsp3) is 0.176. The molecule has 0 radical (unpaired) electrons. The molecule has 3 rings (SSSR count). The second-order valence-corrected chi connectivity index (χ2v) is 8.29. The van der Waals surface area contributed by atoms with Gasteiger partial charge in [0.1, 0.15) is 0 Å². The number of carbonyl (C=O) groups is 1. The number of sulfone groups is 1. The number of rotatable bonds is 5. The summed E-state index contributed by atoms with van der Waals surface area (Å²) in [6.45, 7) is 1.73. The quantitative estimate of drug-likeness (QED) is 0.697. The summed E-state index contributed by atoms with van der Waals surface area (Å²) in [4.78, 5) is 12.5. The molecule has 1 aromatic heterocycles. The lowest BCUT2D eigenvalue weighted by Gasteiger charge is -2.14. The number of tetrazole rings is 1. The van der Waals surface area contributed by atoms with Crippen LogP contribution in [-0.4, -0.2) is 40.8 Å². The van der Waals surface area contributed by atoms with Crippen LogP contribution in [0.5, 0.6) is 0 Å². The first-order chi connectivity index (χ1) is 12.8. The van der Waals surface area contributed by atoms with E-state index in [-0.39, 0.29) is 15.5 Å². The zero-order valence-corrected chi connectivity index (χ0v) is 16.1. The summed E-state index contributed by atoms with van der Waals surface area (Å²) in [6, 6.07) is 12.8. The maximum absolute atomic E-state index is 12.6. The topological polar surface area (TPSA) is 107 Å². The van der Waals surface area contributed by atoms with E-state index in [4.69, 9.17) is 11.6 Å². The van der Waals surface area contributed by atoms with Crippen molar-refractivity contribution >= 4 is 27.3 Å². The second kappa shape index (κ2) is 7.45. The van der Waals surface area contributed by atoms with Crippen molar-refractivity contribution in [2.24, 2.45) is 0 Å². The van der Waals surface area contributed by atoms with Crippen LogP contribution in [0.2, 0.25) is 5.02 Å². The minimum atomic E-state index is -3.55. The molecule has 0 spiro atoms. The molecule has 1 unspecified atom stereocenters. The van der Waals surface area contributed by atoms with Crippen molar-refractivity contribution in [3.63, 3.8) is 0 Å². The van der Waals surface area contributed by atoms with Crippen LogP contribution in [0.25, 0.3) is 5.69 Å². The Labute approximate surface area is 161 Å². The van der Waals surface area contributed by atoms with Gasteiger partial charge in [0, 0.05) is 11.8 Å². The van der Waals surface area contributed by atoms with Crippen molar-refractivity contribution in [2.75, 3.05) is 6.26 Å². The smallest absolute Gasteiger partial charge is 0.251 e. The molecule has 0 fully saturated rings. The standard InChI is InChI=1S/C17H16ClN5O3S/c1-11(16-20-21-22-23(16)13-6-4-3-5-7-13)19-17(24)12-8-9-14(18)15(10-12)27(2,25)26/h3-11H,1-2H3,(H,19,24). The molecule has 0 aliphatic heterocycles. The molecule has 1 heterocycles. The van der Waals surface area contributed by atoms with Crippen molar-refractivity contribution in [1.29, 1.82) is 0 Å². The van der Waals surface area contributed by atoms with Gasteiger partial charge in [0.15, 0.2) is 15.7 Å². The van der Waals surface area contributed by atoms with E-state index in [1.165, 1.54) is 22.9 Å². The van der Waals surface area contributed by atoms with Gasteiger partial charge < -0.3 is 5.32 Å². The van der Waals surface area contributed by atoms with E-state index < -0.39 is 21.8 Å². The van der Waals surface area contributed by atoms with E-state index in [9.17, 15) is 13.2 Å². The number of carbonyl (C=O) groups excluding carboxylic acids is 1. The summed E-state index contributed by atoms with van der Waals surface area (Å²) < 4.78 is 25.1. The minimum Gasteiger partial charge on any atom is -0.342 e. The monoisotopic (exact) mass is 405 g/mol. The SMILES string of the molecule is CC(NC(=O)c1ccc(Cl)c(S(C)(=O)=O)c1)c1nnnn1-c1ccccc1. The van der Waals surface area contributed by atoms with Crippen molar-refractivity contribution in [3.8, 4) is 5.69 Å². The highest BCUT2D eigenvalue weighted by atomic mass is 35.5. The highest BCUT2D eigenvalue weighted by Gasteiger charge is 2.20. The first-order valence-corrected chi connectivity index (χ1v) is 10.2. The van der Waals surface area contributed by atoms with E-state index >= 15 is 0 Å². The summed E-state index contributed by atoms with van der Waals surface area (Å²) >= 11 is 5.92. The molecule has 0 saturated heterocycles.